The molecule has 1 aliphatic heterocycles. The first kappa shape index (κ1) is 9.96. The van der Waals surface area contributed by atoms with Crippen molar-refractivity contribution in [2.24, 2.45) is 0 Å². The van der Waals surface area contributed by atoms with Crippen molar-refractivity contribution in [1.82, 2.24) is 10.2 Å². The summed E-state index contributed by atoms with van der Waals surface area (Å²) in [6.45, 7) is 3.23. The molecule has 0 amide bonds. The molecule has 0 aliphatic carbocycles. The molecule has 0 aromatic carbocycles. The lowest BCUT2D eigenvalue weighted by Crippen LogP contribution is -2.43. The van der Waals surface area contributed by atoms with Crippen LogP contribution >= 0.6 is 0 Å². The Kier molecular flexibility index (Phi) is 4.58. The van der Waals surface area contributed by atoms with Gasteiger partial charge in [0.2, 0.25) is 0 Å². The van der Waals surface area contributed by atoms with Crippen molar-refractivity contribution in [2.45, 2.75) is 25.3 Å². The first-order valence-electron chi connectivity index (χ1n) is 4.86. The van der Waals surface area contributed by atoms with E-state index in [1.165, 1.54) is 25.8 Å². The van der Waals surface area contributed by atoms with E-state index in [-0.39, 0.29) is 6.61 Å². The molecule has 0 saturated carbocycles. The zero-order valence-corrected chi connectivity index (χ0v) is 7.92. The summed E-state index contributed by atoms with van der Waals surface area (Å²) in [5.41, 5.74) is 0. The van der Waals surface area contributed by atoms with Gasteiger partial charge in [-0.25, -0.2) is 0 Å². The van der Waals surface area contributed by atoms with Crippen LogP contribution in [0.5, 0.6) is 0 Å². The van der Waals surface area contributed by atoms with Crippen molar-refractivity contribution >= 4 is 0 Å². The summed E-state index contributed by atoms with van der Waals surface area (Å²) in [7, 11) is 2.18. The Bertz CT molecular complexity index is 119. The van der Waals surface area contributed by atoms with Crippen molar-refractivity contribution < 1.29 is 5.11 Å². The van der Waals surface area contributed by atoms with Crippen LogP contribution in [0.2, 0.25) is 0 Å². The standard InChI is InChI=1S/C9H20N2O/c1-11-6-3-2-4-9(11)8-10-5-7-12/h9-10,12H,2-8H2,1H3/t9-/m0/s1. The molecule has 1 atom stereocenters. The van der Waals surface area contributed by atoms with Crippen LogP contribution in [0.3, 0.4) is 0 Å². The summed E-state index contributed by atoms with van der Waals surface area (Å²) in [6, 6.07) is 0.685. The number of aliphatic hydroxyl groups excluding tert-OH is 1. The molecule has 0 spiro atoms. The molecular weight excluding hydrogens is 152 g/mol. The molecule has 72 valence electrons. The second kappa shape index (κ2) is 5.51. The quantitative estimate of drug-likeness (QED) is 0.588. The van der Waals surface area contributed by atoms with Gasteiger partial charge in [0.25, 0.3) is 0 Å². The van der Waals surface area contributed by atoms with E-state index < -0.39 is 0 Å². The summed E-state index contributed by atoms with van der Waals surface area (Å²) < 4.78 is 0. The maximum Gasteiger partial charge on any atom is 0.0555 e. The van der Waals surface area contributed by atoms with Crippen molar-refractivity contribution in [3.63, 3.8) is 0 Å². The Labute approximate surface area is 74.8 Å². The second-order valence-corrected chi connectivity index (χ2v) is 3.56. The molecule has 1 rings (SSSR count). The zero-order chi connectivity index (χ0) is 8.81. The van der Waals surface area contributed by atoms with Crippen LogP contribution in [0.4, 0.5) is 0 Å². The summed E-state index contributed by atoms with van der Waals surface area (Å²) in [6.07, 6.45) is 4.00. The molecule has 2 N–H and O–H groups in total. The highest BCUT2D eigenvalue weighted by molar-refractivity contribution is 4.75. The number of piperidine rings is 1. The number of likely N-dealkylation sites (N-methyl/N-ethyl adjacent to an activating group) is 1. The Hall–Kier alpha value is -0.120. The summed E-state index contributed by atoms with van der Waals surface area (Å²) >= 11 is 0. The van der Waals surface area contributed by atoms with E-state index in [9.17, 15) is 0 Å². The van der Waals surface area contributed by atoms with E-state index >= 15 is 0 Å². The van der Waals surface area contributed by atoms with Crippen molar-refractivity contribution in [2.75, 3.05) is 33.3 Å². The third-order valence-corrected chi connectivity index (χ3v) is 2.59. The van der Waals surface area contributed by atoms with Gasteiger partial charge in [-0.05, 0) is 26.4 Å². The molecule has 3 nitrogen and oxygen atoms in total. The molecule has 1 fully saturated rings. The number of rotatable bonds is 4. The van der Waals surface area contributed by atoms with Crippen molar-refractivity contribution in [3.8, 4) is 0 Å². The Morgan fingerprint density at radius 1 is 1.50 bits per heavy atom. The second-order valence-electron chi connectivity index (χ2n) is 3.56. The van der Waals surface area contributed by atoms with Crippen LogP contribution in [0.15, 0.2) is 0 Å². The Balaban J connectivity index is 2.11. The van der Waals surface area contributed by atoms with Gasteiger partial charge in [0.1, 0.15) is 0 Å². The van der Waals surface area contributed by atoms with Gasteiger partial charge < -0.3 is 15.3 Å². The number of aliphatic hydroxyl groups is 1. The Morgan fingerprint density at radius 2 is 2.33 bits per heavy atom. The van der Waals surface area contributed by atoms with Gasteiger partial charge >= 0.3 is 0 Å². The van der Waals surface area contributed by atoms with Gasteiger partial charge in [-0.2, -0.15) is 0 Å². The minimum atomic E-state index is 0.246. The van der Waals surface area contributed by atoms with E-state index in [2.05, 4.69) is 17.3 Å². The van der Waals surface area contributed by atoms with Crippen LogP contribution in [0, 0.1) is 0 Å². The fourth-order valence-electron chi connectivity index (χ4n) is 1.75. The van der Waals surface area contributed by atoms with Crippen LogP contribution < -0.4 is 5.32 Å². The molecular formula is C9H20N2O. The van der Waals surface area contributed by atoms with Crippen molar-refractivity contribution in [3.05, 3.63) is 0 Å². The number of likely N-dealkylation sites (tertiary alicyclic amines) is 1. The number of hydrogen-bond acceptors (Lipinski definition) is 3. The minimum absolute atomic E-state index is 0.246. The van der Waals surface area contributed by atoms with E-state index in [4.69, 9.17) is 5.11 Å². The highest BCUT2D eigenvalue weighted by Crippen LogP contribution is 2.13. The molecule has 0 radical (unpaired) electrons. The molecule has 3 heteroatoms. The van der Waals surface area contributed by atoms with E-state index in [1.807, 2.05) is 0 Å². The summed E-state index contributed by atoms with van der Waals surface area (Å²) in [5.74, 6) is 0. The van der Waals surface area contributed by atoms with Gasteiger partial charge in [0.05, 0.1) is 6.61 Å². The molecule has 1 aliphatic rings. The van der Waals surface area contributed by atoms with Gasteiger partial charge in [-0.1, -0.05) is 6.42 Å². The predicted octanol–water partition coefficient (Wildman–Crippen LogP) is 0.0526. The van der Waals surface area contributed by atoms with Crippen LogP contribution in [0.25, 0.3) is 0 Å². The van der Waals surface area contributed by atoms with E-state index in [0.717, 1.165) is 13.1 Å². The lowest BCUT2D eigenvalue weighted by atomic mass is 10.0. The minimum Gasteiger partial charge on any atom is -0.395 e. The smallest absolute Gasteiger partial charge is 0.0555 e. The highest BCUT2D eigenvalue weighted by Gasteiger charge is 2.17. The molecule has 0 unspecified atom stereocenters. The number of nitrogens with one attached hydrogen (secondary N) is 1. The maximum absolute atomic E-state index is 8.59. The summed E-state index contributed by atoms with van der Waals surface area (Å²) in [5, 5.41) is 11.8. The third-order valence-electron chi connectivity index (χ3n) is 2.59. The first-order chi connectivity index (χ1) is 5.84. The maximum atomic E-state index is 8.59. The largest absolute Gasteiger partial charge is 0.395 e. The van der Waals surface area contributed by atoms with Gasteiger partial charge in [0.15, 0.2) is 0 Å². The van der Waals surface area contributed by atoms with Crippen LogP contribution in [-0.4, -0.2) is 49.3 Å². The number of hydrogen-bond donors (Lipinski definition) is 2. The topological polar surface area (TPSA) is 35.5 Å². The van der Waals surface area contributed by atoms with Crippen LogP contribution in [-0.2, 0) is 0 Å². The first-order valence-corrected chi connectivity index (χ1v) is 4.86. The number of nitrogens with zero attached hydrogens (tertiary/aromatic N) is 1. The predicted molar refractivity (Wildman–Crippen MR) is 50.2 cm³/mol. The molecule has 1 saturated heterocycles. The highest BCUT2D eigenvalue weighted by atomic mass is 16.3. The Morgan fingerprint density at radius 3 is 3.00 bits per heavy atom. The third kappa shape index (κ3) is 3.09. The fraction of sp³-hybridized carbons (Fsp3) is 1.00. The normalized spacial score (nSPS) is 26.0. The molecule has 0 bridgehead atoms. The SMILES string of the molecule is CN1CCCC[C@H]1CNCCO. The average Bonchev–Trinajstić information content (AvgIpc) is 2.09. The molecule has 0 aromatic heterocycles. The molecule has 12 heavy (non-hydrogen) atoms. The van der Waals surface area contributed by atoms with E-state index in [0.29, 0.717) is 6.04 Å². The van der Waals surface area contributed by atoms with E-state index in [1.54, 1.807) is 0 Å². The zero-order valence-electron chi connectivity index (χ0n) is 7.92. The van der Waals surface area contributed by atoms with Gasteiger partial charge in [-0.3, -0.25) is 0 Å². The van der Waals surface area contributed by atoms with Gasteiger partial charge in [0, 0.05) is 19.1 Å². The fourth-order valence-corrected chi connectivity index (χ4v) is 1.75. The monoisotopic (exact) mass is 172 g/mol. The lowest BCUT2D eigenvalue weighted by Gasteiger charge is -2.32. The van der Waals surface area contributed by atoms with Crippen molar-refractivity contribution in [1.29, 1.82) is 0 Å². The molecule has 1 heterocycles. The van der Waals surface area contributed by atoms with Crippen LogP contribution in [0.1, 0.15) is 19.3 Å². The van der Waals surface area contributed by atoms with Gasteiger partial charge in [-0.15, -0.1) is 0 Å². The average molecular weight is 172 g/mol. The molecule has 0 aromatic rings. The summed E-state index contributed by atoms with van der Waals surface area (Å²) in [4.78, 5) is 2.41. The lowest BCUT2D eigenvalue weighted by molar-refractivity contribution is 0.178.